The second kappa shape index (κ2) is 5.69. The van der Waals surface area contributed by atoms with Crippen LogP contribution in [0.2, 0.25) is 0 Å². The van der Waals surface area contributed by atoms with E-state index in [9.17, 15) is 14.4 Å². The fraction of sp³-hybridized carbons (Fsp3) is 0.333. The molecular formula is C15H16N2O5. The Hall–Kier alpha value is -2.54. The highest BCUT2D eigenvalue weighted by Gasteiger charge is 2.40. The summed E-state index contributed by atoms with van der Waals surface area (Å²) in [5.41, 5.74) is 3.96. The minimum atomic E-state index is -2.11. The number of ether oxygens (including phenoxy) is 1. The molecule has 22 heavy (non-hydrogen) atoms. The van der Waals surface area contributed by atoms with Crippen LogP contribution in [0, 0.1) is 5.92 Å². The molecule has 2 N–H and O–H groups in total. The van der Waals surface area contributed by atoms with Crippen molar-refractivity contribution < 1.29 is 23.5 Å². The van der Waals surface area contributed by atoms with Gasteiger partial charge >= 0.3 is 5.97 Å². The van der Waals surface area contributed by atoms with Crippen LogP contribution >= 0.6 is 0 Å². The van der Waals surface area contributed by atoms with Crippen LogP contribution in [-0.4, -0.2) is 23.0 Å². The lowest BCUT2D eigenvalue weighted by atomic mass is 9.96. The molecule has 0 amide bonds. The van der Waals surface area contributed by atoms with E-state index in [4.69, 9.17) is 14.9 Å². The summed E-state index contributed by atoms with van der Waals surface area (Å²) >= 11 is 0. The summed E-state index contributed by atoms with van der Waals surface area (Å²) in [6.45, 7) is 4.48. The third-order valence-electron chi connectivity index (χ3n) is 3.09. The van der Waals surface area contributed by atoms with Crippen LogP contribution in [-0.2, 0) is 20.1 Å². The third-order valence-corrected chi connectivity index (χ3v) is 3.09. The van der Waals surface area contributed by atoms with Crippen LogP contribution in [0.1, 0.15) is 36.9 Å². The first-order valence-corrected chi connectivity index (χ1v) is 6.67. The van der Waals surface area contributed by atoms with Crippen molar-refractivity contribution in [2.45, 2.75) is 26.5 Å². The van der Waals surface area contributed by atoms with Gasteiger partial charge in [0.1, 0.15) is 0 Å². The Morgan fingerprint density at radius 2 is 2.14 bits per heavy atom. The molecule has 2 aromatic heterocycles. The molecule has 0 saturated carbocycles. The van der Waals surface area contributed by atoms with Gasteiger partial charge in [-0.2, -0.15) is 0 Å². The van der Waals surface area contributed by atoms with Crippen LogP contribution in [0.3, 0.4) is 0 Å². The minimum Gasteiger partial charge on any atom is -0.434 e. The molecule has 0 aliphatic rings. The van der Waals surface area contributed by atoms with Crippen molar-refractivity contribution in [3.63, 3.8) is 0 Å². The summed E-state index contributed by atoms with van der Waals surface area (Å²) in [7, 11) is 0. The number of aromatic nitrogens is 1. The highest BCUT2D eigenvalue weighted by atomic mass is 16.6. The number of pyridine rings is 1. The fourth-order valence-corrected chi connectivity index (χ4v) is 2.13. The van der Waals surface area contributed by atoms with Gasteiger partial charge in [0.2, 0.25) is 17.2 Å². The predicted molar refractivity (Wildman–Crippen MR) is 76.9 cm³/mol. The number of rotatable bonds is 5. The number of aldehydes is 1. The van der Waals surface area contributed by atoms with Gasteiger partial charge in [-0.15, -0.1) is 0 Å². The van der Waals surface area contributed by atoms with Gasteiger partial charge in [-0.05, 0) is 12.1 Å². The van der Waals surface area contributed by atoms with Crippen molar-refractivity contribution in [2.24, 2.45) is 11.7 Å². The number of nitrogens with zero attached hydrogens (tertiary/aromatic N) is 1. The summed E-state index contributed by atoms with van der Waals surface area (Å²) in [5.74, 6) is -1.64. The molecule has 1 atom stereocenters. The molecular weight excluding hydrogens is 288 g/mol. The van der Waals surface area contributed by atoms with Gasteiger partial charge in [-0.25, -0.2) is 4.98 Å². The lowest BCUT2D eigenvalue weighted by Crippen LogP contribution is -2.43. The van der Waals surface area contributed by atoms with Gasteiger partial charge in [0.25, 0.3) is 0 Å². The Bertz CT molecular complexity index is 749. The van der Waals surface area contributed by atoms with Crippen molar-refractivity contribution in [3.05, 3.63) is 29.7 Å². The van der Waals surface area contributed by atoms with E-state index in [1.165, 1.54) is 6.20 Å². The van der Waals surface area contributed by atoms with Gasteiger partial charge in [-0.3, -0.25) is 20.1 Å². The number of carbonyl (C=O) groups is 3. The largest absolute Gasteiger partial charge is 0.434 e. The van der Waals surface area contributed by atoms with Crippen LogP contribution in [0.25, 0.3) is 11.1 Å². The van der Waals surface area contributed by atoms with Gasteiger partial charge in [0.05, 0.1) is 10.9 Å². The van der Waals surface area contributed by atoms with Crippen molar-refractivity contribution in [3.8, 4) is 0 Å². The van der Waals surface area contributed by atoms with Crippen molar-refractivity contribution >= 4 is 29.1 Å². The maximum atomic E-state index is 12.3. The maximum Gasteiger partial charge on any atom is 0.305 e. The SMILES string of the molecule is CC(=O)OC(N)(C=O)c1c(C(=O)C(C)C)oc2ncccc12. The van der Waals surface area contributed by atoms with Gasteiger partial charge in [0.15, 0.2) is 12.0 Å². The standard InChI is InChI=1S/C15H16N2O5/c1-8(2)12(20)13-11(15(16,7-18)22-9(3)19)10-5-4-6-17-14(10)21-13/h4-8H,16H2,1-3H3. The van der Waals surface area contributed by atoms with E-state index in [-0.39, 0.29) is 29.1 Å². The second-order valence-corrected chi connectivity index (χ2v) is 5.19. The lowest BCUT2D eigenvalue weighted by Gasteiger charge is -2.23. The van der Waals surface area contributed by atoms with Crippen LogP contribution in [0.5, 0.6) is 0 Å². The third kappa shape index (κ3) is 2.62. The van der Waals surface area contributed by atoms with E-state index < -0.39 is 17.6 Å². The molecule has 0 radical (unpaired) electrons. The molecule has 0 fully saturated rings. The molecule has 7 heteroatoms. The topological polar surface area (TPSA) is 112 Å². The predicted octanol–water partition coefficient (Wildman–Crippen LogP) is 1.54. The average Bonchev–Trinajstić information content (AvgIpc) is 2.85. The van der Waals surface area contributed by atoms with E-state index in [2.05, 4.69) is 4.98 Å². The number of fused-ring (bicyclic) bond motifs is 1. The number of esters is 1. The monoisotopic (exact) mass is 304 g/mol. The molecule has 0 aromatic carbocycles. The zero-order chi connectivity index (χ0) is 16.5. The Balaban J connectivity index is 2.78. The normalized spacial score (nSPS) is 13.9. The highest BCUT2D eigenvalue weighted by Crippen LogP contribution is 2.33. The number of hydrogen-bond acceptors (Lipinski definition) is 7. The zero-order valence-corrected chi connectivity index (χ0v) is 12.5. The quantitative estimate of drug-likeness (QED) is 0.386. The fourth-order valence-electron chi connectivity index (χ4n) is 2.13. The Kier molecular flexibility index (Phi) is 4.09. The van der Waals surface area contributed by atoms with Gasteiger partial charge in [-0.1, -0.05) is 13.8 Å². The molecule has 0 aliphatic carbocycles. The lowest BCUT2D eigenvalue weighted by molar-refractivity contribution is -0.161. The Morgan fingerprint density at radius 3 is 2.68 bits per heavy atom. The first kappa shape index (κ1) is 15.8. The van der Waals surface area contributed by atoms with E-state index >= 15 is 0 Å². The Labute approximate surface area is 126 Å². The molecule has 2 heterocycles. The van der Waals surface area contributed by atoms with Crippen LogP contribution in [0.4, 0.5) is 0 Å². The van der Waals surface area contributed by atoms with Crippen molar-refractivity contribution in [1.82, 2.24) is 4.98 Å². The smallest absolute Gasteiger partial charge is 0.305 e. The summed E-state index contributed by atoms with van der Waals surface area (Å²) in [6, 6.07) is 3.19. The Morgan fingerprint density at radius 1 is 1.45 bits per heavy atom. The molecule has 2 aromatic rings. The molecule has 116 valence electrons. The number of nitrogens with two attached hydrogens (primary N) is 1. The maximum absolute atomic E-state index is 12.3. The number of carbonyl (C=O) groups excluding carboxylic acids is 3. The van der Waals surface area contributed by atoms with E-state index in [1.54, 1.807) is 26.0 Å². The van der Waals surface area contributed by atoms with Gasteiger partial charge < -0.3 is 9.15 Å². The molecule has 2 rings (SSSR count). The summed E-state index contributed by atoms with van der Waals surface area (Å²) in [6.07, 6.45) is 1.74. The summed E-state index contributed by atoms with van der Waals surface area (Å²) in [5, 5.41) is 0.349. The molecule has 0 aliphatic heterocycles. The number of Topliss-reactive ketones (excluding diaryl/α,β-unsaturated/α-hetero) is 1. The summed E-state index contributed by atoms with van der Waals surface area (Å²) in [4.78, 5) is 39.1. The number of ketones is 1. The van der Waals surface area contributed by atoms with Crippen molar-refractivity contribution in [2.75, 3.05) is 0 Å². The van der Waals surface area contributed by atoms with E-state index in [0.29, 0.717) is 5.39 Å². The van der Waals surface area contributed by atoms with E-state index in [1.807, 2.05) is 0 Å². The number of hydrogen-bond donors (Lipinski definition) is 1. The first-order valence-electron chi connectivity index (χ1n) is 6.67. The van der Waals surface area contributed by atoms with E-state index in [0.717, 1.165) is 6.92 Å². The molecule has 0 saturated heterocycles. The van der Waals surface area contributed by atoms with Crippen LogP contribution < -0.4 is 5.73 Å². The molecule has 1 unspecified atom stereocenters. The van der Waals surface area contributed by atoms with Crippen LogP contribution in [0.15, 0.2) is 22.7 Å². The molecule has 0 spiro atoms. The summed E-state index contributed by atoms with van der Waals surface area (Å²) < 4.78 is 10.4. The second-order valence-electron chi connectivity index (χ2n) is 5.19. The average molecular weight is 304 g/mol. The van der Waals surface area contributed by atoms with Crippen molar-refractivity contribution in [1.29, 1.82) is 0 Å². The first-order chi connectivity index (χ1) is 10.3. The molecule has 0 bridgehead atoms. The number of furan rings is 1. The minimum absolute atomic E-state index is 0.0134. The van der Waals surface area contributed by atoms with Gasteiger partial charge in [0, 0.05) is 19.0 Å². The molecule has 7 nitrogen and oxygen atoms in total. The zero-order valence-electron chi connectivity index (χ0n) is 12.5. The highest BCUT2D eigenvalue weighted by molar-refractivity contribution is 6.02.